The minimum absolute atomic E-state index is 0.0155. The smallest absolute Gasteiger partial charge is 0.308 e. The third-order valence-electron chi connectivity index (χ3n) is 4.56. The second-order valence-corrected chi connectivity index (χ2v) is 9.77. The summed E-state index contributed by atoms with van der Waals surface area (Å²) in [6, 6.07) is 11.3. The van der Waals surface area contributed by atoms with Gasteiger partial charge in [0.2, 0.25) is 0 Å². The molecular weight excluding hydrogens is 362 g/mol. The Morgan fingerprint density at radius 2 is 1.63 bits per heavy atom. The fourth-order valence-corrected chi connectivity index (χ4v) is 5.29. The zero-order chi connectivity index (χ0) is 19.8. The van der Waals surface area contributed by atoms with Gasteiger partial charge in [0.25, 0.3) is 5.69 Å². The Balaban J connectivity index is 1.73. The number of carbonyl (C=O) groups is 1. The average molecular weight is 385 g/mol. The molecule has 2 aromatic carbocycles. The number of anilines is 2. The van der Waals surface area contributed by atoms with E-state index in [4.69, 9.17) is 0 Å². The molecule has 6 nitrogen and oxygen atoms in total. The van der Waals surface area contributed by atoms with E-state index in [-0.39, 0.29) is 21.9 Å². The second kappa shape index (κ2) is 6.88. The van der Waals surface area contributed by atoms with Gasteiger partial charge in [0.15, 0.2) is 0 Å². The lowest BCUT2D eigenvalue weighted by Gasteiger charge is -2.41. The maximum Gasteiger partial charge on any atom is 0.323 e. The van der Waals surface area contributed by atoms with E-state index in [0.29, 0.717) is 5.69 Å². The Morgan fingerprint density at radius 3 is 2.26 bits per heavy atom. The lowest BCUT2D eigenvalue weighted by atomic mass is 9.77. The van der Waals surface area contributed by atoms with Gasteiger partial charge in [0, 0.05) is 33.2 Å². The molecule has 2 aromatic rings. The van der Waals surface area contributed by atoms with Crippen LogP contribution in [-0.4, -0.2) is 15.7 Å². The normalized spacial score (nSPS) is 16.9. The number of nitrogens with one attached hydrogen (secondary N) is 2. The van der Waals surface area contributed by atoms with Gasteiger partial charge < -0.3 is 10.6 Å². The van der Waals surface area contributed by atoms with Crippen molar-refractivity contribution < 1.29 is 9.72 Å². The Morgan fingerprint density at radius 1 is 1.04 bits per heavy atom. The van der Waals surface area contributed by atoms with Gasteiger partial charge in [-0.1, -0.05) is 27.7 Å². The van der Waals surface area contributed by atoms with E-state index < -0.39 is 4.92 Å². The highest BCUT2D eigenvalue weighted by atomic mass is 32.2. The maximum atomic E-state index is 12.3. The molecular formula is C20H23N3O3S. The summed E-state index contributed by atoms with van der Waals surface area (Å²) in [6.45, 7) is 8.97. The largest absolute Gasteiger partial charge is 0.323 e. The average Bonchev–Trinajstić information content (AvgIpc) is 2.54. The van der Waals surface area contributed by atoms with Crippen LogP contribution in [0, 0.1) is 10.1 Å². The number of nitro benzene ring substituents is 1. The lowest BCUT2D eigenvalue weighted by molar-refractivity contribution is -0.384. The molecule has 27 heavy (non-hydrogen) atoms. The molecule has 1 heterocycles. The van der Waals surface area contributed by atoms with Gasteiger partial charge in [-0.15, -0.1) is 11.8 Å². The molecule has 0 aromatic heterocycles. The topological polar surface area (TPSA) is 84.3 Å². The van der Waals surface area contributed by atoms with E-state index in [1.165, 1.54) is 34.7 Å². The first kappa shape index (κ1) is 19.2. The van der Waals surface area contributed by atoms with Crippen LogP contribution in [0.4, 0.5) is 21.9 Å². The van der Waals surface area contributed by atoms with Crippen LogP contribution in [0.2, 0.25) is 0 Å². The van der Waals surface area contributed by atoms with Gasteiger partial charge in [0.05, 0.1) is 4.92 Å². The van der Waals surface area contributed by atoms with Crippen molar-refractivity contribution in [2.75, 3.05) is 10.6 Å². The Kier molecular flexibility index (Phi) is 4.90. The molecule has 1 aliphatic rings. The SMILES string of the molecule is CC1(C)CC(C)(C)c2cc(NC(=O)Nc3ccc([N+](=O)[O-])cc3)ccc2S1. The fourth-order valence-electron chi connectivity index (χ4n) is 3.68. The molecule has 142 valence electrons. The highest BCUT2D eigenvalue weighted by Crippen LogP contribution is 2.51. The summed E-state index contributed by atoms with van der Waals surface area (Å²) in [4.78, 5) is 23.7. The van der Waals surface area contributed by atoms with Crippen LogP contribution in [0.5, 0.6) is 0 Å². The van der Waals surface area contributed by atoms with Crippen LogP contribution >= 0.6 is 11.8 Å². The first-order valence-corrected chi connectivity index (χ1v) is 9.53. The second-order valence-electron chi connectivity index (χ2n) is 8.02. The van der Waals surface area contributed by atoms with Crippen LogP contribution in [0.25, 0.3) is 0 Å². The van der Waals surface area contributed by atoms with Gasteiger partial charge in [-0.25, -0.2) is 4.79 Å². The van der Waals surface area contributed by atoms with Crippen molar-refractivity contribution in [3.8, 4) is 0 Å². The molecule has 0 saturated carbocycles. The molecule has 0 bridgehead atoms. The quantitative estimate of drug-likeness (QED) is 0.517. The summed E-state index contributed by atoms with van der Waals surface area (Å²) in [6.07, 6.45) is 1.05. The molecule has 3 rings (SSSR count). The molecule has 1 aliphatic heterocycles. The van der Waals surface area contributed by atoms with Gasteiger partial charge in [-0.3, -0.25) is 10.1 Å². The van der Waals surface area contributed by atoms with Crippen molar-refractivity contribution in [2.24, 2.45) is 0 Å². The minimum Gasteiger partial charge on any atom is -0.308 e. The molecule has 0 unspecified atom stereocenters. The molecule has 0 radical (unpaired) electrons. The zero-order valence-electron chi connectivity index (χ0n) is 15.8. The minimum atomic E-state index is -0.474. The number of hydrogen-bond acceptors (Lipinski definition) is 4. The van der Waals surface area contributed by atoms with Crippen molar-refractivity contribution in [2.45, 2.75) is 49.2 Å². The molecule has 0 atom stereocenters. The van der Waals surface area contributed by atoms with Gasteiger partial charge in [-0.05, 0) is 47.7 Å². The molecule has 0 spiro atoms. The number of benzene rings is 2. The molecule has 2 amide bonds. The van der Waals surface area contributed by atoms with Crippen molar-refractivity contribution in [1.29, 1.82) is 0 Å². The van der Waals surface area contributed by atoms with Crippen LogP contribution in [0.1, 0.15) is 39.7 Å². The molecule has 0 saturated heterocycles. The van der Waals surface area contributed by atoms with Crippen molar-refractivity contribution in [1.82, 2.24) is 0 Å². The van der Waals surface area contributed by atoms with Crippen molar-refractivity contribution >= 4 is 34.9 Å². The summed E-state index contributed by atoms with van der Waals surface area (Å²) in [7, 11) is 0. The highest BCUT2D eigenvalue weighted by Gasteiger charge is 2.38. The van der Waals surface area contributed by atoms with E-state index >= 15 is 0 Å². The number of urea groups is 1. The predicted octanol–water partition coefficient (Wildman–Crippen LogP) is 5.79. The van der Waals surface area contributed by atoms with E-state index in [1.807, 2.05) is 23.9 Å². The van der Waals surface area contributed by atoms with Gasteiger partial charge in [-0.2, -0.15) is 0 Å². The number of thioether (sulfide) groups is 1. The number of fused-ring (bicyclic) bond motifs is 1. The summed E-state index contributed by atoms with van der Waals surface area (Å²) < 4.78 is 0.179. The van der Waals surface area contributed by atoms with E-state index in [1.54, 1.807) is 0 Å². The molecule has 0 fully saturated rings. The van der Waals surface area contributed by atoms with Crippen LogP contribution in [-0.2, 0) is 5.41 Å². The van der Waals surface area contributed by atoms with Gasteiger partial charge >= 0.3 is 6.03 Å². The van der Waals surface area contributed by atoms with E-state index in [2.05, 4.69) is 44.4 Å². The number of hydrogen-bond donors (Lipinski definition) is 2. The molecule has 2 N–H and O–H groups in total. The third kappa shape index (κ3) is 4.42. The first-order chi connectivity index (χ1) is 12.6. The van der Waals surface area contributed by atoms with Crippen molar-refractivity contribution in [3.05, 3.63) is 58.1 Å². The number of carbonyl (C=O) groups excluding carboxylic acids is 1. The molecule has 0 aliphatic carbocycles. The van der Waals surface area contributed by atoms with Crippen LogP contribution in [0.3, 0.4) is 0 Å². The van der Waals surface area contributed by atoms with E-state index in [0.717, 1.165) is 12.1 Å². The number of rotatable bonds is 3. The Hall–Kier alpha value is -2.54. The number of nitrogens with zero attached hydrogens (tertiary/aromatic N) is 1. The predicted molar refractivity (Wildman–Crippen MR) is 110 cm³/mol. The molecule has 7 heteroatoms. The Bertz CT molecular complexity index is 892. The Labute approximate surface area is 162 Å². The summed E-state index contributed by atoms with van der Waals surface area (Å²) in [5.74, 6) is 0. The fraction of sp³-hybridized carbons (Fsp3) is 0.350. The van der Waals surface area contributed by atoms with Crippen LogP contribution in [0.15, 0.2) is 47.4 Å². The zero-order valence-corrected chi connectivity index (χ0v) is 16.6. The third-order valence-corrected chi connectivity index (χ3v) is 5.83. The standard InChI is InChI=1S/C20H23N3O3S/c1-19(2)12-20(3,4)27-17-10-7-14(11-16(17)19)22-18(24)21-13-5-8-15(9-6-13)23(25)26/h5-11H,12H2,1-4H3,(H2,21,22,24). The summed E-state index contributed by atoms with van der Waals surface area (Å²) in [5, 5.41) is 16.2. The van der Waals surface area contributed by atoms with Gasteiger partial charge in [0.1, 0.15) is 0 Å². The number of amides is 2. The highest BCUT2D eigenvalue weighted by molar-refractivity contribution is 8.00. The van der Waals surface area contributed by atoms with E-state index in [9.17, 15) is 14.9 Å². The first-order valence-electron chi connectivity index (χ1n) is 8.72. The van der Waals surface area contributed by atoms with Crippen LogP contribution < -0.4 is 10.6 Å². The van der Waals surface area contributed by atoms with Crippen molar-refractivity contribution in [3.63, 3.8) is 0 Å². The number of non-ortho nitro benzene ring substituents is 1. The maximum absolute atomic E-state index is 12.3. The monoisotopic (exact) mass is 385 g/mol. The number of nitro groups is 1. The lowest BCUT2D eigenvalue weighted by Crippen LogP contribution is -2.33. The summed E-state index contributed by atoms with van der Waals surface area (Å²) in [5.41, 5.74) is 2.46. The summed E-state index contributed by atoms with van der Waals surface area (Å²) >= 11 is 1.87.